The summed E-state index contributed by atoms with van der Waals surface area (Å²) >= 11 is 0. The molecule has 0 N–H and O–H groups in total. The quantitative estimate of drug-likeness (QED) is 0.384. The van der Waals surface area contributed by atoms with Crippen LogP contribution in [0, 0.1) is 0 Å². The van der Waals surface area contributed by atoms with Crippen LogP contribution in [0.25, 0.3) is 0 Å². The molecule has 0 aromatic carbocycles. The molecule has 1 nitrogen and oxygen atoms in total. The third kappa shape index (κ3) is 6.18. The molecular weight excluding hydrogens is 114 g/mol. The molecule has 0 saturated carbocycles. The van der Waals surface area contributed by atoms with Crippen LogP contribution in [0.3, 0.4) is 0 Å². The maximum Gasteiger partial charge on any atom is 0.00729 e. The van der Waals surface area contributed by atoms with E-state index in [1.54, 1.807) is 0 Å². The van der Waals surface area contributed by atoms with Gasteiger partial charge in [0.05, 0.1) is 0 Å². The van der Waals surface area contributed by atoms with Gasteiger partial charge in [0.15, 0.2) is 0 Å². The van der Waals surface area contributed by atoms with E-state index in [9.17, 15) is 0 Å². The Morgan fingerprint density at radius 1 is 1.50 bits per heavy atom. The van der Waals surface area contributed by atoms with Gasteiger partial charge in [0, 0.05) is 13.7 Å². The van der Waals surface area contributed by atoms with E-state index in [0.29, 0.717) is 6.04 Å². The van der Waals surface area contributed by atoms with Crippen LogP contribution >= 0.6 is 0 Å². The van der Waals surface area contributed by atoms with Crippen molar-refractivity contribution >= 4 is 10.0 Å². The first-order valence-electron chi connectivity index (χ1n) is 4.56. The van der Waals surface area contributed by atoms with Gasteiger partial charge in [0.2, 0.25) is 0 Å². The summed E-state index contributed by atoms with van der Waals surface area (Å²) < 4.78 is 21.2. The van der Waals surface area contributed by atoms with E-state index >= 15 is 0 Å². The Morgan fingerprint density at radius 3 is 2.75 bits per heavy atom. The average Bonchev–Trinajstić information content (AvgIpc) is 1.78. The van der Waals surface area contributed by atoms with Gasteiger partial charge in [-0.05, 0) is 27.1 Å². The summed E-state index contributed by atoms with van der Waals surface area (Å²) in [5, 5.41) is 0. The predicted octanol–water partition coefficient (Wildman–Crippen LogP) is 0.112. The lowest BCUT2D eigenvalue weighted by Gasteiger charge is -2.06. The standard InChI is InChI=1S/C6H17NSi/c1-7(2)5-3-4-6-8/h3-6H2,1-2,8H3/i8T3. The fraction of sp³-hybridized carbons (Fsp3) is 1.00. The average molecular weight is 137 g/mol. The van der Waals surface area contributed by atoms with Crippen LogP contribution in [0.15, 0.2) is 0 Å². The van der Waals surface area contributed by atoms with E-state index in [1.807, 2.05) is 14.1 Å². The third-order valence-electron chi connectivity index (χ3n) is 1.03. The topological polar surface area (TPSA) is 3.24 Å². The molecule has 0 saturated heterocycles. The Balaban J connectivity index is 3.15. The van der Waals surface area contributed by atoms with Crippen LogP contribution in [0.1, 0.15) is 12.8 Å². The molecule has 0 aromatic rings. The number of hydrogen-bond acceptors (Lipinski definition) is 1. The van der Waals surface area contributed by atoms with Gasteiger partial charge in [-0.15, -0.1) is 0 Å². The molecule has 0 amide bonds. The Kier molecular flexibility index (Phi) is 2.70. The van der Waals surface area contributed by atoms with Crippen molar-refractivity contribution in [2.75, 3.05) is 20.6 Å². The van der Waals surface area contributed by atoms with Crippen LogP contribution in [-0.4, -0.2) is 39.3 Å². The van der Waals surface area contributed by atoms with Gasteiger partial charge < -0.3 is 4.90 Å². The summed E-state index contributed by atoms with van der Waals surface area (Å²) in [6, 6.07) is 0.487. The van der Waals surface area contributed by atoms with E-state index < -0.39 is 10.0 Å². The molecule has 0 radical (unpaired) electrons. The SMILES string of the molecule is [3H][Si]([3H])([3H])CCCCN(C)C. The molecule has 0 unspecified atom stereocenters. The predicted molar refractivity (Wildman–Crippen MR) is 42.5 cm³/mol. The molecule has 0 spiro atoms. The highest BCUT2D eigenvalue weighted by atomic mass is 28.1. The van der Waals surface area contributed by atoms with Crippen molar-refractivity contribution in [1.29, 1.82) is 3.70 Å². The molecule has 0 fully saturated rings. The molecule has 50 valence electrons. The Bertz CT molecular complexity index is 102. The second-order valence-corrected chi connectivity index (χ2v) is 2.76. The van der Waals surface area contributed by atoms with Crippen LogP contribution < -0.4 is 0 Å². The summed E-state index contributed by atoms with van der Waals surface area (Å²) in [7, 11) is 1.02. The smallest absolute Gasteiger partial charge is 0.00729 e. The first-order chi connectivity index (χ1) is 4.92. The number of nitrogens with zero attached hydrogens (tertiary/aromatic N) is 1. The van der Waals surface area contributed by atoms with Crippen molar-refractivity contribution in [2.24, 2.45) is 0 Å². The molecule has 2 heteroatoms. The van der Waals surface area contributed by atoms with Gasteiger partial charge in [0.25, 0.3) is 0 Å². The normalized spacial score (nSPS) is 17.6. The minimum absolute atomic E-state index is 0.487. The van der Waals surface area contributed by atoms with Crippen molar-refractivity contribution in [3.63, 3.8) is 0 Å². The zero-order chi connectivity index (χ0) is 8.91. The first-order valence-corrected chi connectivity index (χ1v) is 3.77. The van der Waals surface area contributed by atoms with Crippen molar-refractivity contribution in [3.8, 4) is 0 Å². The largest absolute Gasteiger partial charge is 0.309 e. The molecule has 8 heavy (non-hydrogen) atoms. The Labute approximate surface area is 59.2 Å². The van der Waals surface area contributed by atoms with E-state index in [1.165, 1.54) is 0 Å². The monoisotopic (exact) mass is 137 g/mol. The lowest BCUT2D eigenvalue weighted by molar-refractivity contribution is 0.398. The molecule has 0 atom stereocenters. The molecule has 0 aliphatic carbocycles. The lowest BCUT2D eigenvalue weighted by Crippen LogP contribution is -2.12. The van der Waals surface area contributed by atoms with Crippen LogP contribution in [0.4, 0.5) is 0 Å². The minimum atomic E-state index is -3.00. The summed E-state index contributed by atoms with van der Waals surface area (Å²) in [5.74, 6) is 0. The van der Waals surface area contributed by atoms with Crippen LogP contribution in [0.5, 0.6) is 0 Å². The van der Waals surface area contributed by atoms with Gasteiger partial charge in [0.1, 0.15) is 0 Å². The number of unbranched alkanes of at least 4 members (excludes halogenated alkanes) is 1. The van der Waals surface area contributed by atoms with E-state index in [4.69, 9.17) is 3.70 Å². The summed E-state index contributed by atoms with van der Waals surface area (Å²) in [6.07, 6.45) is 1.87. The molecular formula is C6H17NSi. The van der Waals surface area contributed by atoms with E-state index in [-0.39, 0.29) is 0 Å². The fourth-order valence-electron chi connectivity index (χ4n) is 0.553. The second-order valence-electron chi connectivity index (χ2n) is 2.26. The molecule has 0 heterocycles. The minimum Gasteiger partial charge on any atom is -0.309 e. The van der Waals surface area contributed by atoms with Gasteiger partial charge in [-0.25, -0.2) is 0 Å². The van der Waals surface area contributed by atoms with Crippen LogP contribution in [-0.2, 0) is 0 Å². The third-order valence-corrected chi connectivity index (χ3v) is 1.39. The molecule has 0 aliphatic heterocycles. The zero-order valence-electron chi connectivity index (χ0n) is 8.78. The molecule has 0 bridgehead atoms. The Morgan fingerprint density at radius 2 is 2.25 bits per heavy atom. The van der Waals surface area contributed by atoms with Gasteiger partial charge in [-0.2, -0.15) is 0 Å². The van der Waals surface area contributed by atoms with Crippen molar-refractivity contribution in [1.82, 2.24) is 4.90 Å². The van der Waals surface area contributed by atoms with Crippen molar-refractivity contribution < 1.29 is 0 Å². The van der Waals surface area contributed by atoms with E-state index in [0.717, 1.165) is 19.4 Å². The lowest BCUT2D eigenvalue weighted by atomic mass is 10.3. The summed E-state index contributed by atoms with van der Waals surface area (Å²) in [4.78, 5) is 2.08. The second kappa shape index (κ2) is 5.32. The van der Waals surface area contributed by atoms with Crippen LogP contribution in [0.2, 0.25) is 6.04 Å². The zero-order valence-corrected chi connectivity index (χ0v) is 6.78. The molecule has 0 rings (SSSR count). The number of rotatable bonds is 5. The highest BCUT2D eigenvalue weighted by Crippen LogP contribution is 1.92. The highest BCUT2D eigenvalue weighted by Gasteiger charge is 1.86. The summed E-state index contributed by atoms with van der Waals surface area (Å²) in [5.41, 5.74) is 0. The molecule has 0 aromatic heterocycles. The maximum absolute atomic E-state index is 7.08. The van der Waals surface area contributed by atoms with Gasteiger partial charge >= 0.3 is 0 Å². The highest BCUT2D eigenvalue weighted by molar-refractivity contribution is 6.08. The number of hydrogen-bond donors (Lipinski definition) is 0. The maximum atomic E-state index is 7.08. The van der Waals surface area contributed by atoms with E-state index in [2.05, 4.69) is 4.90 Å². The van der Waals surface area contributed by atoms with Crippen molar-refractivity contribution in [2.45, 2.75) is 18.9 Å². The van der Waals surface area contributed by atoms with Gasteiger partial charge in [-0.3, -0.25) is 0 Å². The van der Waals surface area contributed by atoms with Gasteiger partial charge in [-0.1, -0.05) is 12.5 Å². The molecule has 0 aliphatic rings. The van der Waals surface area contributed by atoms with Crippen molar-refractivity contribution in [3.05, 3.63) is 0 Å². The summed E-state index contributed by atoms with van der Waals surface area (Å²) in [6.45, 7) is 1.00. The Hall–Kier alpha value is 0.177. The fourth-order valence-corrected chi connectivity index (χ4v) is 0.803. The first kappa shape index (κ1) is 4.07.